The van der Waals surface area contributed by atoms with Crippen molar-refractivity contribution in [2.45, 2.75) is 46.0 Å². The Hall–Kier alpha value is -1.84. The number of benzene rings is 1. The SMILES string of the molecule is CCC(=O)N1CCCN(C(=O)CCc2ccc(CC)cc2)CC1. The van der Waals surface area contributed by atoms with Gasteiger partial charge in [0.15, 0.2) is 0 Å². The second-order valence-corrected chi connectivity index (χ2v) is 6.14. The topological polar surface area (TPSA) is 40.6 Å². The molecule has 1 saturated heterocycles. The first-order valence-electron chi connectivity index (χ1n) is 8.77. The summed E-state index contributed by atoms with van der Waals surface area (Å²) in [4.78, 5) is 28.0. The van der Waals surface area contributed by atoms with E-state index in [0.29, 0.717) is 25.9 Å². The van der Waals surface area contributed by atoms with Crippen LogP contribution in [-0.2, 0) is 22.4 Å². The molecule has 126 valence electrons. The van der Waals surface area contributed by atoms with Gasteiger partial charge >= 0.3 is 0 Å². The summed E-state index contributed by atoms with van der Waals surface area (Å²) < 4.78 is 0. The van der Waals surface area contributed by atoms with Gasteiger partial charge < -0.3 is 9.80 Å². The monoisotopic (exact) mass is 316 g/mol. The fraction of sp³-hybridized carbons (Fsp3) is 0.579. The smallest absolute Gasteiger partial charge is 0.222 e. The summed E-state index contributed by atoms with van der Waals surface area (Å²) in [6.45, 7) is 6.91. The van der Waals surface area contributed by atoms with Crippen molar-refractivity contribution in [1.82, 2.24) is 9.80 Å². The molecule has 0 aromatic heterocycles. The fourth-order valence-corrected chi connectivity index (χ4v) is 2.99. The molecule has 1 aliphatic rings. The van der Waals surface area contributed by atoms with Gasteiger partial charge in [0, 0.05) is 39.0 Å². The lowest BCUT2D eigenvalue weighted by Gasteiger charge is -2.22. The Balaban J connectivity index is 1.82. The van der Waals surface area contributed by atoms with Crippen molar-refractivity contribution >= 4 is 11.8 Å². The summed E-state index contributed by atoms with van der Waals surface area (Å²) in [7, 11) is 0. The standard InChI is InChI=1S/C19H28N2O2/c1-3-16-6-8-17(9-7-16)10-11-19(23)21-13-5-12-20(14-15-21)18(22)4-2/h6-9H,3-5,10-15H2,1-2H3. The number of nitrogens with zero attached hydrogens (tertiary/aromatic N) is 2. The van der Waals surface area contributed by atoms with E-state index in [1.807, 2.05) is 16.7 Å². The third-order valence-corrected chi connectivity index (χ3v) is 4.56. The maximum Gasteiger partial charge on any atom is 0.222 e. The molecule has 1 fully saturated rings. The molecule has 1 aliphatic heterocycles. The van der Waals surface area contributed by atoms with Crippen molar-refractivity contribution in [3.8, 4) is 0 Å². The lowest BCUT2D eigenvalue weighted by Crippen LogP contribution is -2.37. The summed E-state index contributed by atoms with van der Waals surface area (Å²) in [5, 5.41) is 0. The van der Waals surface area contributed by atoms with E-state index >= 15 is 0 Å². The molecule has 0 atom stereocenters. The zero-order chi connectivity index (χ0) is 16.7. The predicted octanol–water partition coefficient (Wildman–Crippen LogP) is 2.65. The lowest BCUT2D eigenvalue weighted by atomic mass is 10.1. The van der Waals surface area contributed by atoms with E-state index in [1.54, 1.807) is 0 Å². The van der Waals surface area contributed by atoms with Gasteiger partial charge in [-0.1, -0.05) is 38.1 Å². The quantitative estimate of drug-likeness (QED) is 0.838. The molecule has 0 bridgehead atoms. The van der Waals surface area contributed by atoms with Crippen LogP contribution in [-0.4, -0.2) is 47.8 Å². The first kappa shape index (κ1) is 17.5. The summed E-state index contributed by atoms with van der Waals surface area (Å²) in [6.07, 6.45) is 3.80. The van der Waals surface area contributed by atoms with E-state index < -0.39 is 0 Å². The van der Waals surface area contributed by atoms with Crippen LogP contribution < -0.4 is 0 Å². The Kier molecular flexibility index (Phi) is 6.63. The minimum absolute atomic E-state index is 0.190. The van der Waals surface area contributed by atoms with Crippen LogP contribution in [0, 0.1) is 0 Å². The Morgan fingerprint density at radius 3 is 2.00 bits per heavy atom. The van der Waals surface area contributed by atoms with Crippen LogP contribution in [0.2, 0.25) is 0 Å². The van der Waals surface area contributed by atoms with Gasteiger partial charge in [0.2, 0.25) is 11.8 Å². The minimum Gasteiger partial charge on any atom is -0.341 e. The van der Waals surface area contributed by atoms with Gasteiger partial charge in [-0.2, -0.15) is 0 Å². The minimum atomic E-state index is 0.190. The van der Waals surface area contributed by atoms with Gasteiger partial charge in [0.1, 0.15) is 0 Å². The van der Waals surface area contributed by atoms with Crippen LogP contribution in [0.1, 0.15) is 44.2 Å². The van der Waals surface area contributed by atoms with Gasteiger partial charge in [-0.3, -0.25) is 9.59 Å². The molecule has 4 nitrogen and oxygen atoms in total. The second-order valence-electron chi connectivity index (χ2n) is 6.14. The number of hydrogen-bond acceptors (Lipinski definition) is 2. The first-order valence-corrected chi connectivity index (χ1v) is 8.77. The number of carbonyl (C=O) groups excluding carboxylic acids is 2. The number of hydrogen-bond donors (Lipinski definition) is 0. The molecular weight excluding hydrogens is 288 g/mol. The zero-order valence-electron chi connectivity index (χ0n) is 14.4. The highest BCUT2D eigenvalue weighted by molar-refractivity contribution is 5.77. The Morgan fingerprint density at radius 1 is 0.870 bits per heavy atom. The molecule has 0 spiro atoms. The molecule has 0 saturated carbocycles. The maximum absolute atomic E-state index is 12.4. The third kappa shape index (κ3) is 5.08. The molecule has 1 aromatic rings. The predicted molar refractivity (Wildman–Crippen MR) is 92.2 cm³/mol. The van der Waals surface area contributed by atoms with Crippen molar-refractivity contribution in [3.63, 3.8) is 0 Å². The number of aryl methyl sites for hydroxylation is 2. The Labute approximate surface area is 139 Å². The van der Waals surface area contributed by atoms with Crippen LogP contribution in [0.15, 0.2) is 24.3 Å². The van der Waals surface area contributed by atoms with E-state index in [1.165, 1.54) is 11.1 Å². The average Bonchev–Trinajstić information content (AvgIpc) is 2.85. The molecule has 1 heterocycles. The normalized spacial score (nSPS) is 15.4. The molecule has 4 heteroatoms. The fourth-order valence-electron chi connectivity index (χ4n) is 2.99. The molecule has 0 radical (unpaired) electrons. The highest BCUT2D eigenvalue weighted by Gasteiger charge is 2.20. The summed E-state index contributed by atoms with van der Waals surface area (Å²) in [5.41, 5.74) is 2.54. The van der Waals surface area contributed by atoms with Gasteiger partial charge in [-0.25, -0.2) is 0 Å². The first-order chi connectivity index (χ1) is 11.1. The molecule has 23 heavy (non-hydrogen) atoms. The highest BCUT2D eigenvalue weighted by atomic mass is 16.2. The van der Waals surface area contributed by atoms with Crippen LogP contribution >= 0.6 is 0 Å². The van der Waals surface area contributed by atoms with E-state index in [0.717, 1.165) is 32.4 Å². The number of rotatable bonds is 5. The van der Waals surface area contributed by atoms with Gasteiger partial charge in [0.25, 0.3) is 0 Å². The van der Waals surface area contributed by atoms with Crippen molar-refractivity contribution in [3.05, 3.63) is 35.4 Å². The van der Waals surface area contributed by atoms with Crippen molar-refractivity contribution in [2.24, 2.45) is 0 Å². The maximum atomic E-state index is 12.4. The number of carbonyl (C=O) groups is 2. The third-order valence-electron chi connectivity index (χ3n) is 4.56. The molecule has 0 N–H and O–H groups in total. The highest BCUT2D eigenvalue weighted by Crippen LogP contribution is 2.10. The molecule has 0 unspecified atom stereocenters. The van der Waals surface area contributed by atoms with E-state index in [-0.39, 0.29) is 11.8 Å². The molecule has 0 aliphatic carbocycles. The molecule has 1 aromatic carbocycles. The Bertz CT molecular complexity index is 525. The molecule has 2 amide bonds. The second kappa shape index (κ2) is 8.70. The Morgan fingerprint density at radius 2 is 1.43 bits per heavy atom. The number of amides is 2. The summed E-state index contributed by atoms with van der Waals surface area (Å²) >= 11 is 0. The summed E-state index contributed by atoms with van der Waals surface area (Å²) in [5.74, 6) is 0.394. The van der Waals surface area contributed by atoms with E-state index in [2.05, 4.69) is 31.2 Å². The van der Waals surface area contributed by atoms with Crippen molar-refractivity contribution in [1.29, 1.82) is 0 Å². The molecular formula is C19H28N2O2. The van der Waals surface area contributed by atoms with E-state index in [9.17, 15) is 9.59 Å². The van der Waals surface area contributed by atoms with Crippen LogP contribution in [0.3, 0.4) is 0 Å². The summed E-state index contributed by atoms with van der Waals surface area (Å²) in [6, 6.07) is 8.52. The van der Waals surface area contributed by atoms with Gasteiger partial charge in [-0.15, -0.1) is 0 Å². The van der Waals surface area contributed by atoms with Crippen LogP contribution in [0.4, 0.5) is 0 Å². The van der Waals surface area contributed by atoms with E-state index in [4.69, 9.17) is 0 Å². The van der Waals surface area contributed by atoms with Gasteiger partial charge in [-0.05, 0) is 30.4 Å². The zero-order valence-corrected chi connectivity index (χ0v) is 14.4. The van der Waals surface area contributed by atoms with Crippen molar-refractivity contribution < 1.29 is 9.59 Å². The lowest BCUT2D eigenvalue weighted by molar-refractivity contribution is -0.133. The average molecular weight is 316 g/mol. The van der Waals surface area contributed by atoms with Crippen LogP contribution in [0.25, 0.3) is 0 Å². The van der Waals surface area contributed by atoms with Gasteiger partial charge in [0.05, 0.1) is 0 Å². The largest absolute Gasteiger partial charge is 0.341 e. The van der Waals surface area contributed by atoms with Crippen molar-refractivity contribution in [2.75, 3.05) is 26.2 Å². The van der Waals surface area contributed by atoms with Crippen LogP contribution in [0.5, 0.6) is 0 Å². The molecule has 2 rings (SSSR count).